The topological polar surface area (TPSA) is 87.1 Å². The fourth-order valence-corrected chi connectivity index (χ4v) is 2.47. The molecule has 8 heteroatoms. The maximum atomic E-state index is 12.0. The summed E-state index contributed by atoms with van der Waals surface area (Å²) < 4.78 is 5.27. The van der Waals surface area contributed by atoms with Gasteiger partial charge in [0.2, 0.25) is 0 Å². The second-order valence-electron chi connectivity index (χ2n) is 4.65. The summed E-state index contributed by atoms with van der Waals surface area (Å²) in [6, 6.07) is 3.54. The quantitative estimate of drug-likeness (QED) is 0.870. The number of carboxylic acid groups (broad SMARTS) is 1. The average molecular weight is 334 g/mol. The Morgan fingerprint density at radius 1 is 1.38 bits per heavy atom. The Kier molecular flexibility index (Phi) is 4.92. The van der Waals surface area contributed by atoms with Gasteiger partial charge in [0.1, 0.15) is 11.8 Å². The van der Waals surface area contributed by atoms with Gasteiger partial charge in [0.05, 0.1) is 11.1 Å². The van der Waals surface area contributed by atoms with Crippen molar-refractivity contribution >= 4 is 35.1 Å². The number of hydrogen-bond donors (Lipinski definition) is 2. The first kappa shape index (κ1) is 15.9. The second kappa shape index (κ2) is 6.51. The van der Waals surface area contributed by atoms with Crippen LogP contribution in [0.2, 0.25) is 10.0 Å². The fraction of sp³-hybridized carbons (Fsp3) is 0.385. The first-order valence-corrected chi connectivity index (χ1v) is 6.92. The Morgan fingerprint density at radius 3 is 2.76 bits per heavy atom. The highest BCUT2D eigenvalue weighted by molar-refractivity contribution is 6.34. The van der Waals surface area contributed by atoms with Crippen LogP contribution in [-0.2, 0) is 9.59 Å². The van der Waals surface area contributed by atoms with Crippen molar-refractivity contribution in [2.45, 2.75) is 18.6 Å². The van der Waals surface area contributed by atoms with Gasteiger partial charge in [-0.25, -0.2) is 4.79 Å². The summed E-state index contributed by atoms with van der Waals surface area (Å²) >= 11 is 11.7. The van der Waals surface area contributed by atoms with Crippen molar-refractivity contribution < 1.29 is 24.5 Å². The number of aliphatic hydroxyl groups is 1. The third-order valence-corrected chi connectivity index (χ3v) is 3.68. The Bertz CT molecular complexity index is 565. The molecule has 1 heterocycles. The van der Waals surface area contributed by atoms with Gasteiger partial charge in [0.15, 0.2) is 6.61 Å². The van der Waals surface area contributed by atoms with Crippen molar-refractivity contribution in [3.63, 3.8) is 0 Å². The van der Waals surface area contributed by atoms with E-state index in [0.29, 0.717) is 10.0 Å². The van der Waals surface area contributed by atoms with Crippen molar-refractivity contribution in [2.24, 2.45) is 0 Å². The van der Waals surface area contributed by atoms with Gasteiger partial charge in [-0.15, -0.1) is 0 Å². The molecule has 1 aliphatic rings. The molecule has 0 bridgehead atoms. The van der Waals surface area contributed by atoms with Crippen LogP contribution in [0.4, 0.5) is 0 Å². The first-order valence-electron chi connectivity index (χ1n) is 6.16. The van der Waals surface area contributed by atoms with Crippen molar-refractivity contribution in [2.75, 3.05) is 13.2 Å². The molecule has 2 unspecified atom stereocenters. The molecular formula is C13H13Cl2NO5. The fourth-order valence-electron chi connectivity index (χ4n) is 2.13. The van der Waals surface area contributed by atoms with Gasteiger partial charge in [0, 0.05) is 24.1 Å². The van der Waals surface area contributed by atoms with Gasteiger partial charge in [0.25, 0.3) is 5.91 Å². The molecule has 1 aliphatic heterocycles. The molecule has 6 nitrogen and oxygen atoms in total. The van der Waals surface area contributed by atoms with Gasteiger partial charge < -0.3 is 19.8 Å². The summed E-state index contributed by atoms with van der Waals surface area (Å²) in [5.74, 6) is -1.44. The van der Waals surface area contributed by atoms with E-state index >= 15 is 0 Å². The maximum absolute atomic E-state index is 12.0. The molecule has 1 aromatic carbocycles. The van der Waals surface area contributed by atoms with Crippen molar-refractivity contribution in [3.8, 4) is 5.75 Å². The van der Waals surface area contributed by atoms with Gasteiger partial charge in [-0.3, -0.25) is 4.79 Å². The molecule has 2 rings (SSSR count). The minimum atomic E-state index is -1.15. The first-order chi connectivity index (χ1) is 9.88. The van der Waals surface area contributed by atoms with Crippen LogP contribution in [-0.4, -0.2) is 52.3 Å². The second-order valence-corrected chi connectivity index (χ2v) is 5.50. The molecule has 1 amide bonds. The number of ether oxygens (including phenoxy) is 1. The lowest BCUT2D eigenvalue weighted by Gasteiger charge is -2.21. The maximum Gasteiger partial charge on any atom is 0.326 e. The Labute approximate surface area is 130 Å². The van der Waals surface area contributed by atoms with E-state index in [-0.39, 0.29) is 25.3 Å². The van der Waals surface area contributed by atoms with Crippen LogP contribution in [0.5, 0.6) is 5.75 Å². The van der Waals surface area contributed by atoms with Gasteiger partial charge in [-0.2, -0.15) is 0 Å². The predicted octanol–water partition coefficient (Wildman–Crippen LogP) is 1.42. The molecule has 0 aromatic heterocycles. The normalized spacial score (nSPS) is 21.4. The molecule has 0 saturated carbocycles. The van der Waals surface area contributed by atoms with Crippen LogP contribution in [0.1, 0.15) is 6.42 Å². The summed E-state index contributed by atoms with van der Waals surface area (Å²) in [7, 11) is 0. The molecule has 114 valence electrons. The third kappa shape index (κ3) is 3.78. The smallest absolute Gasteiger partial charge is 0.326 e. The number of hydrogen-bond acceptors (Lipinski definition) is 4. The molecule has 1 saturated heterocycles. The summed E-state index contributed by atoms with van der Waals surface area (Å²) in [6.45, 7) is -0.404. The predicted molar refractivity (Wildman–Crippen MR) is 75.7 cm³/mol. The Hall–Kier alpha value is -1.50. The number of carbonyl (C=O) groups is 2. The Balaban J connectivity index is 2.01. The zero-order valence-corrected chi connectivity index (χ0v) is 12.3. The van der Waals surface area contributed by atoms with Crippen LogP contribution in [0.3, 0.4) is 0 Å². The highest BCUT2D eigenvalue weighted by Crippen LogP contribution is 2.28. The molecule has 0 radical (unpaired) electrons. The molecule has 0 aliphatic carbocycles. The lowest BCUT2D eigenvalue weighted by Crippen LogP contribution is -2.42. The number of rotatable bonds is 4. The number of nitrogens with zero attached hydrogens (tertiary/aromatic N) is 1. The molecule has 2 atom stereocenters. The van der Waals surface area contributed by atoms with E-state index in [9.17, 15) is 14.7 Å². The number of likely N-dealkylation sites (tertiary alicyclic amines) is 1. The van der Waals surface area contributed by atoms with Gasteiger partial charge in [-0.05, 0) is 12.1 Å². The largest absolute Gasteiger partial charge is 0.482 e. The van der Waals surface area contributed by atoms with E-state index in [4.69, 9.17) is 33.0 Å². The van der Waals surface area contributed by atoms with E-state index in [0.717, 1.165) is 4.90 Å². The van der Waals surface area contributed by atoms with Crippen molar-refractivity contribution in [3.05, 3.63) is 28.2 Å². The number of carbonyl (C=O) groups excluding carboxylic acids is 1. The van der Waals surface area contributed by atoms with Crippen LogP contribution in [0.25, 0.3) is 0 Å². The zero-order valence-electron chi connectivity index (χ0n) is 10.8. The van der Waals surface area contributed by atoms with Crippen LogP contribution in [0.15, 0.2) is 18.2 Å². The third-order valence-electron chi connectivity index (χ3n) is 3.13. The molecule has 1 fully saturated rings. The summed E-state index contributed by atoms with van der Waals surface area (Å²) in [5.41, 5.74) is 0. The van der Waals surface area contributed by atoms with Crippen LogP contribution < -0.4 is 4.74 Å². The summed E-state index contributed by atoms with van der Waals surface area (Å²) in [6.07, 6.45) is -0.830. The number of amides is 1. The summed E-state index contributed by atoms with van der Waals surface area (Å²) in [5, 5.41) is 19.2. The molecule has 21 heavy (non-hydrogen) atoms. The molecule has 1 aromatic rings. The molecule has 0 spiro atoms. The highest BCUT2D eigenvalue weighted by atomic mass is 35.5. The number of aliphatic hydroxyl groups excluding tert-OH is 1. The van der Waals surface area contributed by atoms with E-state index in [1.54, 1.807) is 6.07 Å². The molecule has 2 N–H and O–H groups in total. The summed E-state index contributed by atoms with van der Waals surface area (Å²) in [4.78, 5) is 24.2. The number of halogens is 2. The monoisotopic (exact) mass is 333 g/mol. The van der Waals surface area contributed by atoms with Crippen molar-refractivity contribution in [1.29, 1.82) is 0 Å². The average Bonchev–Trinajstić information content (AvgIpc) is 2.82. The standard InChI is InChI=1S/C13H13Cl2NO5/c14-7-1-2-9(15)11(3-7)21-6-12(18)16-5-8(17)4-10(16)13(19)20/h1-3,8,10,17H,4-6H2,(H,19,20). The van der Waals surface area contributed by atoms with E-state index < -0.39 is 24.0 Å². The van der Waals surface area contributed by atoms with Crippen LogP contribution in [0, 0.1) is 0 Å². The van der Waals surface area contributed by atoms with Crippen LogP contribution >= 0.6 is 23.2 Å². The minimum Gasteiger partial charge on any atom is -0.482 e. The van der Waals surface area contributed by atoms with E-state index in [1.807, 2.05) is 0 Å². The molecular weight excluding hydrogens is 321 g/mol. The Morgan fingerprint density at radius 2 is 2.10 bits per heavy atom. The van der Waals surface area contributed by atoms with Gasteiger partial charge >= 0.3 is 5.97 Å². The van der Waals surface area contributed by atoms with Crippen molar-refractivity contribution in [1.82, 2.24) is 4.90 Å². The number of aliphatic carboxylic acids is 1. The SMILES string of the molecule is O=C(O)C1CC(O)CN1C(=O)COc1cc(Cl)ccc1Cl. The number of β-amino-alcohol motifs (C(OH)–C–C–N with tert-alkyl or cyclic N) is 1. The highest BCUT2D eigenvalue weighted by Gasteiger charge is 2.38. The lowest BCUT2D eigenvalue weighted by atomic mass is 10.2. The number of carboxylic acids is 1. The number of benzene rings is 1. The van der Waals surface area contributed by atoms with E-state index in [2.05, 4.69) is 0 Å². The van der Waals surface area contributed by atoms with Gasteiger partial charge in [-0.1, -0.05) is 23.2 Å². The zero-order chi connectivity index (χ0) is 15.6. The lowest BCUT2D eigenvalue weighted by molar-refractivity contribution is -0.148. The minimum absolute atomic E-state index is 0.0129. The van der Waals surface area contributed by atoms with E-state index in [1.165, 1.54) is 12.1 Å².